The van der Waals surface area contributed by atoms with Crippen LogP contribution in [0, 0.1) is 20.8 Å². The molecule has 7 heteroatoms. The molecule has 1 aromatic heterocycles. The van der Waals surface area contributed by atoms with Gasteiger partial charge in [0.1, 0.15) is 6.61 Å². The van der Waals surface area contributed by atoms with Crippen molar-refractivity contribution >= 4 is 10.0 Å². The largest absolute Gasteiger partial charge is 0.475 e. The van der Waals surface area contributed by atoms with Gasteiger partial charge in [-0.2, -0.15) is 0 Å². The molecule has 0 atom stereocenters. The summed E-state index contributed by atoms with van der Waals surface area (Å²) in [5.74, 6) is 0.349. The summed E-state index contributed by atoms with van der Waals surface area (Å²) in [5, 5.41) is 8.20. The molecule has 0 bridgehead atoms. The van der Waals surface area contributed by atoms with Gasteiger partial charge in [-0.25, -0.2) is 13.1 Å². The molecule has 2 aromatic carbocycles. The number of rotatable bonds is 7. The molecule has 28 heavy (non-hydrogen) atoms. The van der Waals surface area contributed by atoms with Crippen LogP contribution in [0.5, 0.6) is 5.88 Å². The van der Waals surface area contributed by atoms with Crippen molar-refractivity contribution < 1.29 is 13.2 Å². The van der Waals surface area contributed by atoms with Gasteiger partial charge in [0.25, 0.3) is 0 Å². The lowest BCUT2D eigenvalue weighted by Crippen LogP contribution is -2.29. The van der Waals surface area contributed by atoms with Crippen molar-refractivity contribution in [2.24, 2.45) is 0 Å². The number of nitrogens with one attached hydrogen (secondary N) is 1. The Labute approximate surface area is 165 Å². The molecular weight excluding hydrogens is 374 g/mol. The SMILES string of the molecule is Cc1ccc(-c2ccc(OCCNS(=O)(=O)c3ccc(C)cc3C)nn2)cc1. The minimum atomic E-state index is -3.57. The number of hydrogen-bond acceptors (Lipinski definition) is 5. The van der Waals surface area contributed by atoms with Gasteiger partial charge in [0, 0.05) is 18.2 Å². The standard InChI is InChI=1S/C21H23N3O3S/c1-15-4-7-18(8-5-15)19-9-11-21(24-23-19)27-13-12-22-28(25,26)20-10-6-16(2)14-17(20)3/h4-11,14,22H,12-13H2,1-3H3. The first-order valence-corrected chi connectivity index (χ1v) is 10.4. The smallest absolute Gasteiger partial charge is 0.240 e. The second-order valence-electron chi connectivity index (χ2n) is 6.64. The van der Waals surface area contributed by atoms with Gasteiger partial charge in [-0.15, -0.1) is 10.2 Å². The fourth-order valence-corrected chi connectivity index (χ4v) is 4.02. The highest BCUT2D eigenvalue weighted by Crippen LogP contribution is 2.18. The van der Waals surface area contributed by atoms with Crippen LogP contribution in [0.4, 0.5) is 0 Å². The predicted octanol–water partition coefficient (Wildman–Crippen LogP) is 3.43. The summed E-state index contributed by atoms with van der Waals surface area (Å²) in [4.78, 5) is 0.278. The number of aryl methyl sites for hydroxylation is 3. The zero-order chi connectivity index (χ0) is 20.1. The summed E-state index contributed by atoms with van der Waals surface area (Å²) in [5.41, 5.74) is 4.65. The second kappa shape index (κ2) is 8.50. The number of sulfonamides is 1. The van der Waals surface area contributed by atoms with Gasteiger partial charge in [0.15, 0.2) is 0 Å². The monoisotopic (exact) mass is 397 g/mol. The van der Waals surface area contributed by atoms with E-state index in [1.807, 2.05) is 50.2 Å². The van der Waals surface area contributed by atoms with Crippen molar-refractivity contribution in [1.29, 1.82) is 0 Å². The Morgan fingerprint density at radius 2 is 1.61 bits per heavy atom. The molecule has 0 aliphatic rings. The Morgan fingerprint density at radius 1 is 0.893 bits per heavy atom. The molecule has 0 amide bonds. The molecule has 0 unspecified atom stereocenters. The van der Waals surface area contributed by atoms with Crippen LogP contribution in [0.25, 0.3) is 11.3 Å². The highest BCUT2D eigenvalue weighted by Gasteiger charge is 2.16. The quantitative estimate of drug-likeness (QED) is 0.618. The molecule has 0 saturated heterocycles. The maximum absolute atomic E-state index is 12.4. The van der Waals surface area contributed by atoms with Gasteiger partial charge in [-0.05, 0) is 38.5 Å². The van der Waals surface area contributed by atoms with Gasteiger partial charge in [0.2, 0.25) is 15.9 Å². The van der Waals surface area contributed by atoms with Crippen LogP contribution in [-0.2, 0) is 10.0 Å². The molecule has 1 heterocycles. The van der Waals surface area contributed by atoms with Gasteiger partial charge < -0.3 is 4.74 Å². The normalized spacial score (nSPS) is 11.4. The van der Waals surface area contributed by atoms with E-state index in [4.69, 9.17) is 4.74 Å². The van der Waals surface area contributed by atoms with E-state index in [-0.39, 0.29) is 18.0 Å². The van der Waals surface area contributed by atoms with Gasteiger partial charge >= 0.3 is 0 Å². The fraction of sp³-hybridized carbons (Fsp3) is 0.238. The number of benzene rings is 2. The Balaban J connectivity index is 1.54. The molecule has 0 radical (unpaired) electrons. The zero-order valence-electron chi connectivity index (χ0n) is 16.1. The van der Waals surface area contributed by atoms with Crippen molar-refractivity contribution in [3.63, 3.8) is 0 Å². The highest BCUT2D eigenvalue weighted by atomic mass is 32.2. The Kier molecular flexibility index (Phi) is 6.06. The fourth-order valence-electron chi connectivity index (χ4n) is 2.79. The number of aromatic nitrogens is 2. The lowest BCUT2D eigenvalue weighted by molar-refractivity contribution is 0.307. The van der Waals surface area contributed by atoms with Crippen LogP contribution in [0.3, 0.4) is 0 Å². The number of nitrogens with zero attached hydrogens (tertiary/aromatic N) is 2. The molecule has 0 saturated carbocycles. The second-order valence-corrected chi connectivity index (χ2v) is 8.37. The first-order valence-electron chi connectivity index (χ1n) is 8.96. The number of ether oxygens (including phenoxy) is 1. The van der Waals surface area contributed by atoms with Gasteiger partial charge in [-0.3, -0.25) is 0 Å². The first-order chi connectivity index (χ1) is 13.3. The summed E-state index contributed by atoms with van der Waals surface area (Å²) in [6.45, 7) is 6.03. The van der Waals surface area contributed by atoms with Crippen molar-refractivity contribution in [2.45, 2.75) is 25.7 Å². The Hall–Kier alpha value is -2.77. The van der Waals surface area contributed by atoms with Crippen LogP contribution < -0.4 is 9.46 Å². The van der Waals surface area contributed by atoms with Crippen LogP contribution in [-0.4, -0.2) is 31.8 Å². The first kappa shape index (κ1) is 20.0. The van der Waals surface area contributed by atoms with Crippen molar-refractivity contribution in [3.05, 3.63) is 71.3 Å². The topological polar surface area (TPSA) is 81.2 Å². The van der Waals surface area contributed by atoms with E-state index in [0.29, 0.717) is 11.4 Å². The average molecular weight is 398 g/mol. The molecule has 3 rings (SSSR count). The molecule has 0 fully saturated rings. The maximum atomic E-state index is 12.4. The van der Waals surface area contributed by atoms with E-state index in [9.17, 15) is 8.42 Å². The third kappa shape index (κ3) is 4.94. The average Bonchev–Trinajstić information content (AvgIpc) is 2.66. The van der Waals surface area contributed by atoms with Gasteiger partial charge in [-0.1, -0.05) is 47.5 Å². The zero-order valence-corrected chi connectivity index (χ0v) is 17.0. The van der Waals surface area contributed by atoms with E-state index >= 15 is 0 Å². The molecule has 1 N–H and O–H groups in total. The molecule has 0 aliphatic heterocycles. The van der Waals surface area contributed by atoms with E-state index in [1.165, 1.54) is 5.56 Å². The Bertz CT molecular complexity index is 1050. The van der Waals surface area contributed by atoms with Crippen molar-refractivity contribution in [3.8, 4) is 17.1 Å². The van der Waals surface area contributed by atoms with E-state index < -0.39 is 10.0 Å². The maximum Gasteiger partial charge on any atom is 0.240 e. The van der Waals surface area contributed by atoms with Crippen molar-refractivity contribution in [1.82, 2.24) is 14.9 Å². The third-order valence-electron chi connectivity index (χ3n) is 4.25. The minimum Gasteiger partial charge on any atom is -0.475 e. The van der Waals surface area contributed by atoms with Crippen molar-refractivity contribution in [2.75, 3.05) is 13.2 Å². The predicted molar refractivity (Wildman–Crippen MR) is 109 cm³/mol. The number of hydrogen-bond donors (Lipinski definition) is 1. The third-order valence-corrected chi connectivity index (χ3v) is 5.87. The minimum absolute atomic E-state index is 0.136. The summed E-state index contributed by atoms with van der Waals surface area (Å²) < 4.78 is 32.9. The van der Waals surface area contributed by atoms with E-state index in [0.717, 1.165) is 16.8 Å². The highest BCUT2D eigenvalue weighted by molar-refractivity contribution is 7.89. The van der Waals surface area contributed by atoms with Crippen LogP contribution in [0.15, 0.2) is 59.5 Å². The van der Waals surface area contributed by atoms with E-state index in [2.05, 4.69) is 14.9 Å². The lowest BCUT2D eigenvalue weighted by atomic mass is 10.1. The van der Waals surface area contributed by atoms with Crippen LogP contribution in [0.2, 0.25) is 0 Å². The lowest BCUT2D eigenvalue weighted by Gasteiger charge is -2.10. The van der Waals surface area contributed by atoms with Crippen LogP contribution in [0.1, 0.15) is 16.7 Å². The molecule has 3 aromatic rings. The van der Waals surface area contributed by atoms with Crippen LogP contribution >= 0.6 is 0 Å². The molecule has 6 nitrogen and oxygen atoms in total. The molecule has 146 valence electrons. The summed E-state index contributed by atoms with van der Waals surface area (Å²) in [6, 6.07) is 16.8. The van der Waals surface area contributed by atoms with E-state index in [1.54, 1.807) is 25.1 Å². The molecule has 0 aliphatic carbocycles. The summed E-state index contributed by atoms with van der Waals surface area (Å²) in [6.07, 6.45) is 0. The summed E-state index contributed by atoms with van der Waals surface area (Å²) in [7, 11) is -3.57. The van der Waals surface area contributed by atoms with Gasteiger partial charge in [0.05, 0.1) is 10.6 Å². The molecular formula is C21H23N3O3S. The molecule has 0 spiro atoms. The Morgan fingerprint density at radius 3 is 2.25 bits per heavy atom. The summed E-state index contributed by atoms with van der Waals surface area (Å²) >= 11 is 0.